The molecule has 0 aromatic heterocycles. The van der Waals surface area contributed by atoms with E-state index < -0.39 is 28.5 Å². The van der Waals surface area contributed by atoms with Crippen molar-refractivity contribution in [2.24, 2.45) is 0 Å². The summed E-state index contributed by atoms with van der Waals surface area (Å²) in [4.78, 5) is 28.4. The molecule has 8 nitrogen and oxygen atoms in total. The number of sulfonamides is 1. The summed E-state index contributed by atoms with van der Waals surface area (Å²) in [6.07, 6.45) is 0.726. The molecule has 0 fully saturated rings. The molecule has 0 aliphatic heterocycles. The number of methoxy groups -OCH3 is 1. The number of carbonyl (C=O) groups is 2. The summed E-state index contributed by atoms with van der Waals surface area (Å²) in [6.45, 7) is 5.05. The van der Waals surface area contributed by atoms with Gasteiger partial charge < -0.3 is 15.0 Å². The maximum atomic E-state index is 13.9. The topological polar surface area (TPSA) is 96.0 Å². The first kappa shape index (κ1) is 31.4. The molecule has 2 atom stereocenters. The van der Waals surface area contributed by atoms with Crippen molar-refractivity contribution in [3.8, 4) is 5.75 Å². The van der Waals surface area contributed by atoms with E-state index in [-0.39, 0.29) is 29.1 Å². The standard InChI is InChI=1S/C29H33BrClN3O5S/c1-5-20(2)32-29(36)21(3)33(18-22-6-8-23(30)9-7-22)28(35)19-34(25-12-10-24(31)11-13-25)40(37,38)27-16-14-26(39-4)15-17-27/h6-17,20-21H,5,18-19H2,1-4H3,(H,32,36)/t20-,21-/m0/s1. The van der Waals surface area contributed by atoms with Gasteiger partial charge in [-0.15, -0.1) is 0 Å². The van der Waals surface area contributed by atoms with Crippen LogP contribution >= 0.6 is 27.5 Å². The number of nitrogens with zero attached hydrogens (tertiary/aromatic N) is 2. The molecule has 0 unspecified atom stereocenters. The van der Waals surface area contributed by atoms with Crippen LogP contribution < -0.4 is 14.4 Å². The lowest BCUT2D eigenvalue weighted by molar-refractivity contribution is -0.139. The number of ether oxygens (including phenoxy) is 1. The molecule has 2 amide bonds. The molecule has 0 aliphatic carbocycles. The average Bonchev–Trinajstić information content (AvgIpc) is 2.95. The van der Waals surface area contributed by atoms with Crippen molar-refractivity contribution < 1.29 is 22.7 Å². The van der Waals surface area contributed by atoms with Crippen LogP contribution in [-0.2, 0) is 26.2 Å². The molecule has 0 radical (unpaired) electrons. The van der Waals surface area contributed by atoms with Gasteiger partial charge in [0.2, 0.25) is 11.8 Å². The number of anilines is 1. The van der Waals surface area contributed by atoms with Crippen molar-refractivity contribution in [1.82, 2.24) is 10.2 Å². The number of amides is 2. The molecule has 0 saturated carbocycles. The fraction of sp³-hybridized carbons (Fsp3) is 0.310. The van der Waals surface area contributed by atoms with Gasteiger partial charge in [-0.05, 0) is 86.5 Å². The summed E-state index contributed by atoms with van der Waals surface area (Å²) >= 11 is 9.47. The molecule has 11 heteroatoms. The van der Waals surface area contributed by atoms with Gasteiger partial charge in [0.25, 0.3) is 10.0 Å². The third kappa shape index (κ3) is 7.99. The van der Waals surface area contributed by atoms with Crippen LogP contribution in [-0.4, -0.2) is 50.9 Å². The molecule has 3 rings (SSSR count). The van der Waals surface area contributed by atoms with Gasteiger partial charge in [-0.1, -0.05) is 46.6 Å². The first-order chi connectivity index (χ1) is 19.0. The molecule has 0 spiro atoms. The molecule has 0 heterocycles. The highest BCUT2D eigenvalue weighted by Gasteiger charge is 2.32. The minimum atomic E-state index is -4.19. The van der Waals surface area contributed by atoms with Gasteiger partial charge in [0.05, 0.1) is 17.7 Å². The van der Waals surface area contributed by atoms with Crippen LogP contribution in [0.3, 0.4) is 0 Å². The number of rotatable bonds is 12. The van der Waals surface area contributed by atoms with Crippen molar-refractivity contribution in [2.75, 3.05) is 18.0 Å². The largest absolute Gasteiger partial charge is 0.497 e. The maximum absolute atomic E-state index is 13.9. The van der Waals surface area contributed by atoms with Gasteiger partial charge >= 0.3 is 0 Å². The lowest BCUT2D eigenvalue weighted by Crippen LogP contribution is -2.52. The number of benzene rings is 3. The SMILES string of the molecule is CC[C@H](C)NC(=O)[C@H](C)N(Cc1ccc(Br)cc1)C(=O)CN(c1ccc(Cl)cc1)S(=O)(=O)c1ccc(OC)cc1. The minimum absolute atomic E-state index is 0.0157. The summed E-state index contributed by atoms with van der Waals surface area (Å²) in [5, 5.41) is 3.34. The smallest absolute Gasteiger partial charge is 0.264 e. The summed E-state index contributed by atoms with van der Waals surface area (Å²) in [6, 6.07) is 18.5. The Hall–Kier alpha value is -3.08. The summed E-state index contributed by atoms with van der Waals surface area (Å²) in [5.41, 5.74) is 1.05. The lowest BCUT2D eigenvalue weighted by atomic mass is 10.1. The zero-order valence-corrected chi connectivity index (χ0v) is 26.0. The van der Waals surface area contributed by atoms with Crippen LogP contribution in [0.5, 0.6) is 5.75 Å². The van der Waals surface area contributed by atoms with Crippen LogP contribution in [0, 0.1) is 0 Å². The third-order valence-electron chi connectivity index (χ3n) is 6.48. The highest BCUT2D eigenvalue weighted by Crippen LogP contribution is 2.27. The average molecular weight is 651 g/mol. The predicted molar refractivity (Wildman–Crippen MR) is 161 cm³/mol. The van der Waals surface area contributed by atoms with Crippen LogP contribution in [0.1, 0.15) is 32.8 Å². The Kier molecular flexibility index (Phi) is 11.0. The Morgan fingerprint density at radius 3 is 2.12 bits per heavy atom. The highest BCUT2D eigenvalue weighted by atomic mass is 79.9. The van der Waals surface area contributed by atoms with E-state index in [4.69, 9.17) is 16.3 Å². The van der Waals surface area contributed by atoms with Crippen molar-refractivity contribution in [3.63, 3.8) is 0 Å². The summed E-state index contributed by atoms with van der Waals surface area (Å²) in [7, 11) is -2.70. The Balaban J connectivity index is 2.01. The number of halogens is 2. The number of hydrogen-bond acceptors (Lipinski definition) is 5. The van der Waals surface area contributed by atoms with E-state index in [9.17, 15) is 18.0 Å². The first-order valence-corrected chi connectivity index (χ1v) is 15.3. The molecule has 0 bridgehead atoms. The van der Waals surface area contributed by atoms with Gasteiger partial charge in [-0.2, -0.15) is 0 Å². The van der Waals surface area contributed by atoms with Gasteiger partial charge in [0.1, 0.15) is 18.3 Å². The van der Waals surface area contributed by atoms with Crippen molar-refractivity contribution in [3.05, 3.63) is 87.9 Å². The van der Waals surface area contributed by atoms with E-state index in [0.717, 1.165) is 20.8 Å². The van der Waals surface area contributed by atoms with E-state index in [1.165, 1.54) is 48.4 Å². The van der Waals surface area contributed by atoms with Gasteiger partial charge in [-0.25, -0.2) is 8.42 Å². The summed E-state index contributed by atoms with van der Waals surface area (Å²) < 4.78 is 34.8. The molecule has 3 aromatic rings. The van der Waals surface area contributed by atoms with Crippen LogP contribution in [0.2, 0.25) is 5.02 Å². The lowest BCUT2D eigenvalue weighted by Gasteiger charge is -2.32. The third-order valence-corrected chi connectivity index (χ3v) is 9.04. The predicted octanol–water partition coefficient (Wildman–Crippen LogP) is 5.64. The quantitative estimate of drug-likeness (QED) is 0.274. The van der Waals surface area contributed by atoms with E-state index in [2.05, 4.69) is 21.2 Å². The Morgan fingerprint density at radius 1 is 0.975 bits per heavy atom. The molecule has 0 aliphatic rings. The number of carbonyl (C=O) groups excluding carboxylic acids is 2. The fourth-order valence-corrected chi connectivity index (χ4v) is 5.65. The van der Waals surface area contributed by atoms with Gasteiger partial charge in [0.15, 0.2) is 0 Å². The molecule has 214 valence electrons. The molecular weight excluding hydrogens is 618 g/mol. The number of nitrogens with one attached hydrogen (secondary N) is 1. The second-order valence-corrected chi connectivity index (χ2v) is 12.5. The summed E-state index contributed by atoms with van der Waals surface area (Å²) in [5.74, 6) is -0.368. The van der Waals surface area contributed by atoms with Crippen LogP contribution in [0.15, 0.2) is 82.2 Å². The Morgan fingerprint density at radius 2 is 1.57 bits per heavy atom. The van der Waals surface area contributed by atoms with Crippen molar-refractivity contribution >= 4 is 55.1 Å². The Bertz CT molecular complexity index is 1400. The van der Waals surface area contributed by atoms with Gasteiger partial charge in [-0.3, -0.25) is 13.9 Å². The minimum Gasteiger partial charge on any atom is -0.497 e. The molecule has 3 aromatic carbocycles. The zero-order chi connectivity index (χ0) is 29.4. The van der Waals surface area contributed by atoms with Gasteiger partial charge in [0, 0.05) is 22.1 Å². The fourth-order valence-electron chi connectivity index (χ4n) is 3.85. The molecular formula is C29H33BrClN3O5S. The first-order valence-electron chi connectivity index (χ1n) is 12.7. The maximum Gasteiger partial charge on any atom is 0.264 e. The van der Waals surface area contributed by atoms with E-state index in [1.54, 1.807) is 19.1 Å². The van der Waals surface area contributed by atoms with Crippen molar-refractivity contribution in [2.45, 2.75) is 50.7 Å². The number of hydrogen-bond donors (Lipinski definition) is 1. The van der Waals surface area contributed by atoms with E-state index in [0.29, 0.717) is 10.8 Å². The second kappa shape index (κ2) is 14.0. The van der Waals surface area contributed by atoms with Crippen LogP contribution in [0.25, 0.3) is 0 Å². The molecule has 1 N–H and O–H groups in total. The molecule has 0 saturated heterocycles. The van der Waals surface area contributed by atoms with Crippen molar-refractivity contribution in [1.29, 1.82) is 0 Å². The monoisotopic (exact) mass is 649 g/mol. The van der Waals surface area contributed by atoms with E-state index >= 15 is 0 Å². The highest BCUT2D eigenvalue weighted by molar-refractivity contribution is 9.10. The normalized spacial score (nSPS) is 12.8. The van der Waals surface area contributed by atoms with Crippen LogP contribution in [0.4, 0.5) is 5.69 Å². The second-order valence-electron chi connectivity index (χ2n) is 9.31. The van der Waals surface area contributed by atoms with E-state index in [1.807, 2.05) is 38.1 Å². The Labute approximate surface area is 249 Å². The molecule has 40 heavy (non-hydrogen) atoms. The zero-order valence-electron chi connectivity index (χ0n) is 22.8.